The van der Waals surface area contributed by atoms with E-state index in [1.807, 2.05) is 0 Å². The second kappa shape index (κ2) is 3.00. The average Bonchev–Trinajstić information content (AvgIpc) is 1.82. The molecule has 0 amide bonds. The van der Waals surface area contributed by atoms with Crippen LogP contribution in [0.1, 0.15) is 5.56 Å². The largest absolute Gasteiger partial charge is 0.619 e. The van der Waals surface area contributed by atoms with Gasteiger partial charge in [-0.1, -0.05) is 0 Å². The van der Waals surface area contributed by atoms with Gasteiger partial charge in [0.25, 0.3) is 0 Å². The van der Waals surface area contributed by atoms with Crippen molar-refractivity contribution in [1.29, 1.82) is 0 Å². The molecule has 0 aliphatic rings. The Kier molecular flexibility index (Phi) is 2.21. The van der Waals surface area contributed by atoms with Gasteiger partial charge in [0.2, 0.25) is 0 Å². The fourth-order valence-corrected chi connectivity index (χ4v) is 0.837. The summed E-state index contributed by atoms with van der Waals surface area (Å²) < 4.78 is 35.6. The highest BCUT2D eigenvalue weighted by Gasteiger charge is 2.28. The molecule has 0 unspecified atom stereocenters. The van der Waals surface area contributed by atoms with Crippen molar-refractivity contribution >= 4 is 0 Å². The second-order valence-electron chi connectivity index (χ2n) is 2.36. The zero-order valence-corrected chi connectivity index (χ0v) is 6.01. The van der Waals surface area contributed by atoms with E-state index in [1.54, 1.807) is 0 Å². The minimum Gasteiger partial charge on any atom is -0.619 e. The Bertz CT molecular complexity index is 272. The lowest BCUT2D eigenvalue weighted by atomic mass is 10.2. The first-order valence-electron chi connectivity index (χ1n) is 3.22. The summed E-state index contributed by atoms with van der Waals surface area (Å²) in [6.45, 7) is 0. The fourth-order valence-electron chi connectivity index (χ4n) is 0.837. The molecule has 12 heavy (non-hydrogen) atoms. The zero-order chi connectivity index (χ0) is 9.19. The van der Waals surface area contributed by atoms with Crippen LogP contribution in [-0.4, -0.2) is 6.18 Å². The van der Waals surface area contributed by atoms with Crippen LogP contribution < -0.4 is 4.73 Å². The monoisotopic (exact) mass is 177 g/mol. The van der Waals surface area contributed by atoms with E-state index in [-0.39, 0.29) is 5.56 Å². The number of alkyl halides is 3. The summed E-state index contributed by atoms with van der Waals surface area (Å²) in [4.78, 5) is 0. The molecule has 0 saturated carbocycles. The van der Waals surface area contributed by atoms with E-state index in [4.69, 9.17) is 0 Å². The highest BCUT2D eigenvalue weighted by Crippen LogP contribution is 2.19. The number of aromatic nitrogens is 1. The molecule has 0 aliphatic carbocycles. The molecule has 0 bridgehead atoms. The number of nitrogens with zero attached hydrogens (tertiary/aromatic N) is 1. The minimum atomic E-state index is -4.26. The van der Waals surface area contributed by atoms with E-state index in [1.165, 1.54) is 12.1 Å². The minimum absolute atomic E-state index is 0.0278. The molecule has 0 fully saturated rings. The van der Waals surface area contributed by atoms with Crippen LogP contribution in [0.5, 0.6) is 0 Å². The Morgan fingerprint density at radius 1 is 1.42 bits per heavy atom. The predicted octanol–water partition coefficient (Wildman–Crippen LogP) is 1.42. The van der Waals surface area contributed by atoms with Gasteiger partial charge in [0.15, 0.2) is 12.4 Å². The summed E-state index contributed by atoms with van der Waals surface area (Å²) in [6, 6.07) is 2.55. The number of hydrogen-bond acceptors (Lipinski definition) is 1. The number of pyridine rings is 1. The topological polar surface area (TPSA) is 26.9 Å². The Labute approximate surface area is 66.8 Å². The van der Waals surface area contributed by atoms with Gasteiger partial charge in [0.05, 0.1) is 6.42 Å². The van der Waals surface area contributed by atoms with Gasteiger partial charge in [-0.3, -0.25) is 0 Å². The van der Waals surface area contributed by atoms with Crippen LogP contribution in [0.15, 0.2) is 24.5 Å². The molecular formula is C7H6F3NO. The lowest BCUT2D eigenvalue weighted by molar-refractivity contribution is -0.606. The molecule has 0 aromatic carbocycles. The van der Waals surface area contributed by atoms with Crippen LogP contribution in [0.25, 0.3) is 0 Å². The van der Waals surface area contributed by atoms with Crippen molar-refractivity contribution in [3.63, 3.8) is 0 Å². The molecule has 0 atom stereocenters. The predicted molar refractivity (Wildman–Crippen MR) is 35.2 cm³/mol. The molecule has 0 N–H and O–H groups in total. The van der Waals surface area contributed by atoms with Gasteiger partial charge in [-0.2, -0.15) is 17.9 Å². The maximum Gasteiger partial charge on any atom is 0.393 e. The standard InChI is InChI=1S/C7H6F3NO/c8-7(9,10)4-6-2-1-3-11(12)5-6/h1-3,5H,4H2. The first kappa shape index (κ1) is 8.83. The van der Waals surface area contributed by atoms with Gasteiger partial charge in [-0.25, -0.2) is 0 Å². The molecule has 5 heteroatoms. The summed E-state index contributed by atoms with van der Waals surface area (Å²) >= 11 is 0. The van der Waals surface area contributed by atoms with Crippen molar-refractivity contribution in [2.45, 2.75) is 12.6 Å². The third-order valence-electron chi connectivity index (χ3n) is 1.24. The Morgan fingerprint density at radius 2 is 2.08 bits per heavy atom. The second-order valence-corrected chi connectivity index (χ2v) is 2.36. The summed E-state index contributed by atoms with van der Waals surface area (Å²) in [7, 11) is 0. The van der Waals surface area contributed by atoms with E-state index in [2.05, 4.69) is 0 Å². The smallest absolute Gasteiger partial charge is 0.393 e. The Morgan fingerprint density at radius 3 is 2.58 bits per heavy atom. The summed E-state index contributed by atoms with van der Waals surface area (Å²) in [5.41, 5.74) is -0.0278. The van der Waals surface area contributed by atoms with E-state index in [9.17, 15) is 18.4 Å². The van der Waals surface area contributed by atoms with Crippen molar-refractivity contribution in [2.75, 3.05) is 0 Å². The molecule has 2 nitrogen and oxygen atoms in total. The van der Waals surface area contributed by atoms with E-state index >= 15 is 0 Å². The van der Waals surface area contributed by atoms with Gasteiger partial charge in [-0.05, 0) is 6.07 Å². The van der Waals surface area contributed by atoms with Crippen LogP contribution in [0.4, 0.5) is 13.2 Å². The van der Waals surface area contributed by atoms with E-state index < -0.39 is 12.6 Å². The zero-order valence-electron chi connectivity index (χ0n) is 6.01. The van der Waals surface area contributed by atoms with Crippen LogP contribution >= 0.6 is 0 Å². The van der Waals surface area contributed by atoms with Crippen LogP contribution in [0, 0.1) is 5.21 Å². The lowest BCUT2D eigenvalue weighted by Gasteiger charge is -2.04. The molecule has 1 rings (SSSR count). The molecule has 1 heterocycles. The normalized spacial score (nSPS) is 11.6. The summed E-state index contributed by atoms with van der Waals surface area (Å²) in [5, 5.41) is 10.5. The lowest BCUT2D eigenvalue weighted by Crippen LogP contribution is -2.26. The fraction of sp³-hybridized carbons (Fsp3) is 0.286. The quantitative estimate of drug-likeness (QED) is 0.470. The van der Waals surface area contributed by atoms with Crippen molar-refractivity contribution in [1.82, 2.24) is 0 Å². The molecule has 0 spiro atoms. The molecule has 0 saturated heterocycles. The maximum atomic E-state index is 11.8. The van der Waals surface area contributed by atoms with Crippen molar-refractivity contribution in [2.24, 2.45) is 0 Å². The third kappa shape index (κ3) is 2.77. The Balaban J connectivity index is 2.77. The molecular weight excluding hydrogens is 171 g/mol. The first-order chi connectivity index (χ1) is 5.47. The molecule has 66 valence electrons. The highest BCUT2D eigenvalue weighted by molar-refractivity contribution is 5.06. The number of hydrogen-bond donors (Lipinski definition) is 0. The van der Waals surface area contributed by atoms with Crippen molar-refractivity contribution in [3.8, 4) is 0 Å². The van der Waals surface area contributed by atoms with Crippen molar-refractivity contribution < 1.29 is 17.9 Å². The van der Waals surface area contributed by atoms with E-state index in [0.717, 1.165) is 12.4 Å². The van der Waals surface area contributed by atoms with Crippen LogP contribution in [0.2, 0.25) is 0 Å². The average molecular weight is 177 g/mol. The summed E-state index contributed by atoms with van der Waals surface area (Å²) in [6.07, 6.45) is -3.27. The van der Waals surface area contributed by atoms with Gasteiger partial charge < -0.3 is 5.21 Å². The Hall–Kier alpha value is -1.26. The number of rotatable bonds is 1. The molecule has 1 aromatic rings. The van der Waals surface area contributed by atoms with Gasteiger partial charge in [0, 0.05) is 11.6 Å². The first-order valence-corrected chi connectivity index (χ1v) is 3.22. The number of halogens is 3. The van der Waals surface area contributed by atoms with Crippen LogP contribution in [-0.2, 0) is 6.42 Å². The van der Waals surface area contributed by atoms with Gasteiger partial charge >= 0.3 is 6.18 Å². The van der Waals surface area contributed by atoms with E-state index in [0.29, 0.717) is 4.73 Å². The van der Waals surface area contributed by atoms with Gasteiger partial charge in [0.1, 0.15) is 0 Å². The highest BCUT2D eigenvalue weighted by atomic mass is 19.4. The van der Waals surface area contributed by atoms with Crippen LogP contribution in [0.3, 0.4) is 0 Å². The SMILES string of the molecule is [O-][n+]1cccc(CC(F)(F)F)c1. The summed E-state index contributed by atoms with van der Waals surface area (Å²) in [5.74, 6) is 0. The molecule has 1 aromatic heterocycles. The molecule has 0 aliphatic heterocycles. The third-order valence-corrected chi connectivity index (χ3v) is 1.24. The molecule has 0 radical (unpaired) electrons. The van der Waals surface area contributed by atoms with Gasteiger partial charge in [-0.15, -0.1) is 0 Å². The van der Waals surface area contributed by atoms with Crippen molar-refractivity contribution in [3.05, 3.63) is 35.3 Å². The maximum absolute atomic E-state index is 11.8.